The number of urea groups is 1. The normalized spacial score (nSPS) is 17.4. The first kappa shape index (κ1) is 16.2. The van der Waals surface area contributed by atoms with Gasteiger partial charge in [0.05, 0.1) is 6.54 Å². The Balaban J connectivity index is 1.63. The summed E-state index contributed by atoms with van der Waals surface area (Å²) < 4.78 is 33.1. The van der Waals surface area contributed by atoms with Crippen LogP contribution in [0.4, 0.5) is 19.3 Å². The Labute approximate surface area is 138 Å². The number of para-hydroxylation sites is 1. The van der Waals surface area contributed by atoms with Gasteiger partial charge in [-0.2, -0.15) is 0 Å². The van der Waals surface area contributed by atoms with E-state index in [9.17, 15) is 13.6 Å². The minimum atomic E-state index is -0.801. The molecule has 1 saturated heterocycles. The number of nitrogens with zero attached hydrogens (tertiary/aromatic N) is 2. The molecule has 0 bridgehead atoms. The largest absolute Gasteiger partial charge is 0.488 e. The fourth-order valence-electron chi connectivity index (χ4n) is 2.63. The second-order valence-corrected chi connectivity index (χ2v) is 5.54. The highest BCUT2D eigenvalue weighted by Gasteiger charge is 2.26. The van der Waals surface area contributed by atoms with Crippen LogP contribution in [0.2, 0.25) is 0 Å². The number of pyridine rings is 1. The van der Waals surface area contributed by atoms with Crippen LogP contribution in [0.5, 0.6) is 5.75 Å². The molecule has 0 aliphatic carbocycles. The van der Waals surface area contributed by atoms with Gasteiger partial charge >= 0.3 is 6.03 Å². The first-order valence-corrected chi connectivity index (χ1v) is 7.70. The molecule has 2 aromatic rings. The standard InChI is InChI=1S/C17H17F2N3O2/c18-14-4-1-5-15(19)16(14)21-17(23)22-10-2-3-13(11-22)24-12-6-8-20-9-7-12/h1,4-9,13H,2-3,10-11H2,(H,21,23)/t13-/m0/s1. The smallest absolute Gasteiger partial charge is 0.322 e. The van der Waals surface area contributed by atoms with Crippen molar-refractivity contribution in [1.29, 1.82) is 0 Å². The Hall–Kier alpha value is -2.70. The van der Waals surface area contributed by atoms with Gasteiger partial charge in [-0.1, -0.05) is 6.07 Å². The van der Waals surface area contributed by atoms with Crippen molar-refractivity contribution in [2.75, 3.05) is 18.4 Å². The SMILES string of the molecule is O=C(Nc1c(F)cccc1F)N1CCC[C@H](Oc2ccncc2)C1. The predicted molar refractivity (Wildman–Crippen MR) is 84.8 cm³/mol. The van der Waals surface area contributed by atoms with E-state index in [1.807, 2.05) is 0 Å². The number of ether oxygens (including phenoxy) is 1. The summed E-state index contributed by atoms with van der Waals surface area (Å²) >= 11 is 0. The number of hydrogen-bond acceptors (Lipinski definition) is 3. The molecule has 126 valence electrons. The van der Waals surface area contributed by atoms with E-state index in [0.717, 1.165) is 25.0 Å². The van der Waals surface area contributed by atoms with Crippen molar-refractivity contribution < 1.29 is 18.3 Å². The predicted octanol–water partition coefficient (Wildman–Crippen LogP) is 3.44. The van der Waals surface area contributed by atoms with Gasteiger partial charge in [0, 0.05) is 18.9 Å². The lowest BCUT2D eigenvalue weighted by molar-refractivity contribution is 0.106. The number of rotatable bonds is 3. The van der Waals surface area contributed by atoms with Gasteiger partial charge in [-0.25, -0.2) is 13.6 Å². The summed E-state index contributed by atoms with van der Waals surface area (Å²) in [5, 5.41) is 2.30. The molecule has 0 unspecified atom stereocenters. The first-order chi connectivity index (χ1) is 11.6. The second-order valence-electron chi connectivity index (χ2n) is 5.54. The summed E-state index contributed by atoms with van der Waals surface area (Å²) in [6.07, 6.45) is 4.65. The number of halogens is 2. The highest BCUT2D eigenvalue weighted by molar-refractivity contribution is 5.89. The Morgan fingerprint density at radius 3 is 2.62 bits per heavy atom. The molecule has 7 heteroatoms. The van der Waals surface area contributed by atoms with E-state index < -0.39 is 23.4 Å². The zero-order valence-electron chi connectivity index (χ0n) is 12.9. The van der Waals surface area contributed by atoms with Crippen LogP contribution in [0.3, 0.4) is 0 Å². The lowest BCUT2D eigenvalue weighted by Crippen LogP contribution is -2.46. The summed E-state index contributed by atoms with van der Waals surface area (Å²) in [5.41, 5.74) is -0.431. The van der Waals surface area contributed by atoms with Crippen molar-refractivity contribution in [3.05, 3.63) is 54.4 Å². The molecule has 1 aliphatic heterocycles. The third kappa shape index (κ3) is 3.79. The molecule has 3 rings (SSSR count). The van der Waals surface area contributed by atoms with Crippen LogP contribution in [0.15, 0.2) is 42.7 Å². The molecular formula is C17H17F2N3O2. The van der Waals surface area contributed by atoms with E-state index in [2.05, 4.69) is 10.3 Å². The van der Waals surface area contributed by atoms with Crippen molar-refractivity contribution in [2.24, 2.45) is 0 Å². The molecule has 1 aliphatic rings. The number of piperidine rings is 1. The van der Waals surface area contributed by atoms with Gasteiger partial charge in [-0.3, -0.25) is 4.98 Å². The highest BCUT2D eigenvalue weighted by atomic mass is 19.1. The van der Waals surface area contributed by atoms with Crippen LogP contribution in [0.25, 0.3) is 0 Å². The Bertz CT molecular complexity index is 692. The number of benzene rings is 1. The summed E-state index contributed by atoms with van der Waals surface area (Å²) in [5.74, 6) is -0.924. The van der Waals surface area contributed by atoms with Crippen LogP contribution < -0.4 is 10.1 Å². The zero-order valence-corrected chi connectivity index (χ0v) is 12.9. The molecule has 0 radical (unpaired) electrons. The van der Waals surface area contributed by atoms with Gasteiger partial charge in [-0.15, -0.1) is 0 Å². The molecule has 1 atom stereocenters. The highest BCUT2D eigenvalue weighted by Crippen LogP contribution is 2.21. The molecule has 1 aromatic heterocycles. The summed E-state index contributed by atoms with van der Waals surface area (Å²) in [6, 6.07) is 6.40. The average molecular weight is 333 g/mol. The Morgan fingerprint density at radius 2 is 1.92 bits per heavy atom. The first-order valence-electron chi connectivity index (χ1n) is 7.70. The molecule has 1 fully saturated rings. The number of amides is 2. The summed E-state index contributed by atoms with van der Waals surface area (Å²) in [6.45, 7) is 0.863. The van der Waals surface area contributed by atoms with Crippen LogP contribution in [-0.2, 0) is 0 Å². The molecule has 24 heavy (non-hydrogen) atoms. The molecular weight excluding hydrogens is 316 g/mol. The van der Waals surface area contributed by atoms with Gasteiger partial charge in [0.1, 0.15) is 29.2 Å². The number of nitrogens with one attached hydrogen (secondary N) is 1. The average Bonchev–Trinajstić information content (AvgIpc) is 2.59. The molecule has 0 saturated carbocycles. The zero-order chi connectivity index (χ0) is 16.9. The van der Waals surface area contributed by atoms with Crippen LogP contribution in [0.1, 0.15) is 12.8 Å². The van der Waals surface area contributed by atoms with E-state index in [4.69, 9.17) is 4.74 Å². The third-order valence-electron chi connectivity index (χ3n) is 3.81. The van der Waals surface area contributed by atoms with E-state index in [-0.39, 0.29) is 6.10 Å². The summed E-state index contributed by atoms with van der Waals surface area (Å²) in [7, 11) is 0. The van der Waals surface area contributed by atoms with Crippen LogP contribution in [0, 0.1) is 11.6 Å². The minimum Gasteiger partial charge on any atom is -0.488 e. The quantitative estimate of drug-likeness (QED) is 0.936. The second kappa shape index (κ2) is 7.25. The van der Waals surface area contributed by atoms with Crippen molar-refractivity contribution in [2.45, 2.75) is 18.9 Å². The van der Waals surface area contributed by atoms with Gasteiger partial charge in [0.25, 0.3) is 0 Å². The van der Waals surface area contributed by atoms with Crippen LogP contribution in [-0.4, -0.2) is 35.1 Å². The number of likely N-dealkylation sites (tertiary alicyclic amines) is 1. The minimum absolute atomic E-state index is 0.169. The molecule has 1 N–H and O–H groups in total. The van der Waals surface area contributed by atoms with E-state index >= 15 is 0 Å². The van der Waals surface area contributed by atoms with E-state index in [1.54, 1.807) is 24.5 Å². The number of aromatic nitrogens is 1. The van der Waals surface area contributed by atoms with Crippen LogP contribution >= 0.6 is 0 Å². The molecule has 2 amide bonds. The Morgan fingerprint density at radius 1 is 1.21 bits per heavy atom. The third-order valence-corrected chi connectivity index (χ3v) is 3.81. The Kier molecular flexibility index (Phi) is 4.88. The van der Waals surface area contributed by atoms with Crippen molar-refractivity contribution in [3.8, 4) is 5.75 Å². The molecule has 2 heterocycles. The molecule has 5 nitrogen and oxygen atoms in total. The number of carbonyl (C=O) groups is 1. The van der Waals surface area contributed by atoms with Gasteiger partial charge < -0.3 is 15.0 Å². The maximum Gasteiger partial charge on any atom is 0.322 e. The number of hydrogen-bond donors (Lipinski definition) is 1. The molecule has 1 aromatic carbocycles. The van der Waals surface area contributed by atoms with Gasteiger partial charge in [0.15, 0.2) is 0 Å². The number of carbonyl (C=O) groups excluding carboxylic acids is 1. The van der Waals surface area contributed by atoms with Gasteiger partial charge in [0.2, 0.25) is 0 Å². The van der Waals surface area contributed by atoms with Gasteiger partial charge in [-0.05, 0) is 37.1 Å². The molecule has 0 spiro atoms. The maximum absolute atomic E-state index is 13.6. The number of anilines is 1. The fourth-order valence-corrected chi connectivity index (χ4v) is 2.63. The topological polar surface area (TPSA) is 54.5 Å². The maximum atomic E-state index is 13.6. The lowest BCUT2D eigenvalue weighted by Gasteiger charge is -2.33. The van der Waals surface area contributed by atoms with Crippen molar-refractivity contribution in [3.63, 3.8) is 0 Å². The van der Waals surface area contributed by atoms with E-state index in [1.165, 1.54) is 11.0 Å². The summed E-state index contributed by atoms with van der Waals surface area (Å²) in [4.78, 5) is 17.7. The fraction of sp³-hybridized carbons (Fsp3) is 0.294. The monoisotopic (exact) mass is 333 g/mol. The van der Waals surface area contributed by atoms with E-state index in [0.29, 0.717) is 18.8 Å². The van der Waals surface area contributed by atoms with Crippen molar-refractivity contribution >= 4 is 11.7 Å². The lowest BCUT2D eigenvalue weighted by atomic mass is 10.1. The van der Waals surface area contributed by atoms with Crippen molar-refractivity contribution in [1.82, 2.24) is 9.88 Å².